The van der Waals surface area contributed by atoms with Crippen LogP contribution in [0.3, 0.4) is 0 Å². The molecular formula is C10H12N2O. The first kappa shape index (κ1) is 9.56. The first-order valence-corrected chi connectivity index (χ1v) is 4.07. The highest BCUT2D eigenvalue weighted by atomic mass is 16.3. The molecule has 13 heavy (non-hydrogen) atoms. The van der Waals surface area contributed by atoms with Crippen molar-refractivity contribution in [1.82, 2.24) is 0 Å². The number of phenolic OH excluding ortho intramolecular Hbond substituents is 1. The molecule has 0 aliphatic carbocycles. The van der Waals surface area contributed by atoms with Crippen LogP contribution < -0.4 is 5.73 Å². The number of aryl methyl sites for hydroxylation is 1. The van der Waals surface area contributed by atoms with Gasteiger partial charge in [-0.05, 0) is 13.0 Å². The van der Waals surface area contributed by atoms with Crippen molar-refractivity contribution in [2.24, 2.45) is 5.73 Å². The van der Waals surface area contributed by atoms with E-state index in [0.717, 1.165) is 5.56 Å². The first-order valence-electron chi connectivity index (χ1n) is 4.07. The van der Waals surface area contributed by atoms with Crippen molar-refractivity contribution < 1.29 is 5.11 Å². The van der Waals surface area contributed by atoms with Gasteiger partial charge in [0.05, 0.1) is 12.5 Å². The average molecular weight is 176 g/mol. The Bertz CT molecular complexity index is 341. The third-order valence-electron chi connectivity index (χ3n) is 1.89. The molecule has 0 radical (unpaired) electrons. The maximum Gasteiger partial charge on any atom is 0.120 e. The molecule has 0 aromatic heterocycles. The van der Waals surface area contributed by atoms with Gasteiger partial charge in [-0.3, -0.25) is 0 Å². The number of nitrogens with two attached hydrogens (primary N) is 1. The molecule has 0 aliphatic rings. The number of hydrogen-bond acceptors (Lipinski definition) is 3. The predicted molar refractivity (Wildman–Crippen MR) is 50.0 cm³/mol. The van der Waals surface area contributed by atoms with Gasteiger partial charge in [0.2, 0.25) is 0 Å². The number of nitriles is 1. The van der Waals surface area contributed by atoms with Crippen molar-refractivity contribution in [3.63, 3.8) is 0 Å². The summed E-state index contributed by atoms with van der Waals surface area (Å²) < 4.78 is 0. The summed E-state index contributed by atoms with van der Waals surface area (Å²) in [5.41, 5.74) is 7.36. The molecule has 3 N–H and O–H groups in total. The normalized spacial score (nSPS) is 12.1. The van der Waals surface area contributed by atoms with E-state index in [1.807, 2.05) is 13.0 Å². The lowest BCUT2D eigenvalue weighted by Crippen LogP contribution is -2.09. The second kappa shape index (κ2) is 3.92. The minimum Gasteiger partial charge on any atom is -0.508 e. The number of nitrogens with zero attached hydrogens (tertiary/aromatic N) is 1. The minimum absolute atomic E-state index is 0.161. The van der Waals surface area contributed by atoms with Crippen LogP contribution in [-0.4, -0.2) is 5.11 Å². The molecule has 3 heteroatoms. The van der Waals surface area contributed by atoms with Gasteiger partial charge in [-0.1, -0.05) is 17.7 Å². The highest BCUT2D eigenvalue weighted by Gasteiger charge is 2.09. The van der Waals surface area contributed by atoms with Gasteiger partial charge in [-0.2, -0.15) is 5.26 Å². The van der Waals surface area contributed by atoms with Crippen LogP contribution in [-0.2, 0) is 0 Å². The van der Waals surface area contributed by atoms with Gasteiger partial charge in [0.15, 0.2) is 0 Å². The molecule has 1 rings (SSSR count). The zero-order valence-electron chi connectivity index (χ0n) is 7.49. The minimum atomic E-state index is -0.398. The fourth-order valence-electron chi connectivity index (χ4n) is 1.18. The SMILES string of the molecule is Cc1ccc(O)c([C@H](N)CC#N)c1. The van der Waals surface area contributed by atoms with Crippen LogP contribution in [0, 0.1) is 18.3 Å². The van der Waals surface area contributed by atoms with Crippen LogP contribution >= 0.6 is 0 Å². The van der Waals surface area contributed by atoms with E-state index in [9.17, 15) is 5.11 Å². The lowest BCUT2D eigenvalue weighted by atomic mass is 10.0. The Morgan fingerprint density at radius 3 is 2.92 bits per heavy atom. The van der Waals surface area contributed by atoms with E-state index >= 15 is 0 Å². The second-order valence-electron chi connectivity index (χ2n) is 3.03. The molecule has 0 spiro atoms. The summed E-state index contributed by atoms with van der Waals surface area (Å²) in [5, 5.41) is 17.9. The van der Waals surface area contributed by atoms with Crippen LogP contribution in [0.1, 0.15) is 23.6 Å². The summed E-state index contributed by atoms with van der Waals surface area (Å²) in [7, 11) is 0. The Morgan fingerprint density at radius 1 is 1.62 bits per heavy atom. The lowest BCUT2D eigenvalue weighted by molar-refractivity contribution is 0.461. The molecule has 0 unspecified atom stereocenters. The Morgan fingerprint density at radius 2 is 2.31 bits per heavy atom. The van der Waals surface area contributed by atoms with Crippen LogP contribution in [0.25, 0.3) is 0 Å². The summed E-state index contributed by atoms with van der Waals surface area (Å²) in [6.07, 6.45) is 0.219. The summed E-state index contributed by atoms with van der Waals surface area (Å²) in [4.78, 5) is 0. The van der Waals surface area contributed by atoms with Crippen LogP contribution in [0.2, 0.25) is 0 Å². The molecule has 1 aromatic rings. The van der Waals surface area contributed by atoms with Gasteiger partial charge in [0.25, 0.3) is 0 Å². The molecule has 0 heterocycles. The second-order valence-corrected chi connectivity index (χ2v) is 3.03. The van der Waals surface area contributed by atoms with Crippen LogP contribution in [0.15, 0.2) is 18.2 Å². The molecule has 3 nitrogen and oxygen atoms in total. The van der Waals surface area contributed by atoms with Gasteiger partial charge >= 0.3 is 0 Å². The molecule has 0 aliphatic heterocycles. The quantitative estimate of drug-likeness (QED) is 0.719. The molecule has 0 amide bonds. The average Bonchev–Trinajstić information content (AvgIpc) is 2.09. The topological polar surface area (TPSA) is 70.0 Å². The summed E-state index contributed by atoms with van der Waals surface area (Å²) in [5.74, 6) is 0.161. The largest absolute Gasteiger partial charge is 0.508 e. The molecule has 68 valence electrons. The Labute approximate surface area is 77.4 Å². The molecule has 1 atom stereocenters. The number of benzene rings is 1. The van der Waals surface area contributed by atoms with E-state index in [0.29, 0.717) is 5.56 Å². The maximum absolute atomic E-state index is 9.44. The third-order valence-corrected chi connectivity index (χ3v) is 1.89. The monoisotopic (exact) mass is 176 g/mol. The number of hydrogen-bond donors (Lipinski definition) is 2. The smallest absolute Gasteiger partial charge is 0.120 e. The van der Waals surface area contributed by atoms with E-state index in [2.05, 4.69) is 0 Å². The summed E-state index contributed by atoms with van der Waals surface area (Å²) in [6, 6.07) is 6.78. The Hall–Kier alpha value is -1.53. The fraction of sp³-hybridized carbons (Fsp3) is 0.300. The molecular weight excluding hydrogens is 164 g/mol. The molecule has 0 saturated heterocycles. The summed E-state index contributed by atoms with van der Waals surface area (Å²) >= 11 is 0. The molecule has 0 saturated carbocycles. The van der Waals surface area contributed by atoms with Gasteiger partial charge < -0.3 is 10.8 Å². The predicted octanol–water partition coefficient (Wildman–Crippen LogP) is 1.61. The van der Waals surface area contributed by atoms with Crippen molar-refractivity contribution in [3.05, 3.63) is 29.3 Å². The van der Waals surface area contributed by atoms with E-state index in [-0.39, 0.29) is 12.2 Å². The zero-order chi connectivity index (χ0) is 9.84. The number of phenols is 1. The molecule has 0 fully saturated rings. The van der Waals surface area contributed by atoms with E-state index in [4.69, 9.17) is 11.0 Å². The zero-order valence-corrected chi connectivity index (χ0v) is 7.49. The van der Waals surface area contributed by atoms with Crippen molar-refractivity contribution in [3.8, 4) is 11.8 Å². The Balaban J connectivity index is 3.00. The van der Waals surface area contributed by atoms with Crippen molar-refractivity contribution in [2.75, 3.05) is 0 Å². The van der Waals surface area contributed by atoms with Gasteiger partial charge in [-0.15, -0.1) is 0 Å². The van der Waals surface area contributed by atoms with Crippen molar-refractivity contribution >= 4 is 0 Å². The maximum atomic E-state index is 9.44. The molecule has 1 aromatic carbocycles. The Kier molecular flexibility index (Phi) is 2.88. The number of rotatable bonds is 2. The number of aromatic hydroxyl groups is 1. The first-order chi connectivity index (χ1) is 6.15. The van der Waals surface area contributed by atoms with Crippen molar-refractivity contribution in [1.29, 1.82) is 5.26 Å². The third kappa shape index (κ3) is 2.20. The standard InChI is InChI=1S/C10H12N2O/c1-7-2-3-10(13)8(6-7)9(12)4-5-11/h2-3,6,9,13H,4,12H2,1H3/t9-/m1/s1. The fourth-order valence-corrected chi connectivity index (χ4v) is 1.18. The van der Waals surface area contributed by atoms with Crippen LogP contribution in [0.5, 0.6) is 5.75 Å². The van der Waals surface area contributed by atoms with Crippen LogP contribution in [0.4, 0.5) is 0 Å². The van der Waals surface area contributed by atoms with E-state index < -0.39 is 6.04 Å². The van der Waals surface area contributed by atoms with Gasteiger partial charge in [-0.25, -0.2) is 0 Å². The van der Waals surface area contributed by atoms with E-state index in [1.165, 1.54) is 0 Å². The lowest BCUT2D eigenvalue weighted by Gasteiger charge is -2.10. The van der Waals surface area contributed by atoms with Gasteiger partial charge in [0.1, 0.15) is 5.75 Å². The highest BCUT2D eigenvalue weighted by molar-refractivity contribution is 5.38. The van der Waals surface area contributed by atoms with Gasteiger partial charge in [0, 0.05) is 11.6 Å². The van der Waals surface area contributed by atoms with E-state index in [1.54, 1.807) is 18.2 Å². The molecule has 0 bridgehead atoms. The highest BCUT2D eigenvalue weighted by Crippen LogP contribution is 2.25. The van der Waals surface area contributed by atoms with Crippen molar-refractivity contribution in [2.45, 2.75) is 19.4 Å². The summed E-state index contributed by atoms with van der Waals surface area (Å²) in [6.45, 7) is 1.92.